The summed E-state index contributed by atoms with van der Waals surface area (Å²) in [6.07, 6.45) is 3.53. The number of nitrogens with zero attached hydrogens (tertiary/aromatic N) is 1. The lowest BCUT2D eigenvalue weighted by molar-refractivity contribution is 0.102. The molecule has 0 unspecified atom stereocenters. The van der Waals surface area contributed by atoms with Crippen LogP contribution in [0.4, 0.5) is 11.4 Å². The van der Waals surface area contributed by atoms with E-state index in [-0.39, 0.29) is 5.91 Å². The van der Waals surface area contributed by atoms with Crippen LogP contribution in [0.1, 0.15) is 10.4 Å². The van der Waals surface area contributed by atoms with Gasteiger partial charge in [0.25, 0.3) is 5.91 Å². The number of benzene rings is 2. The number of nitrogen functional groups attached to an aromatic ring is 1. The van der Waals surface area contributed by atoms with Gasteiger partial charge in [-0.05, 0) is 58.5 Å². The standard InChI is InChI=1S/C22H17N3OS/c23-19-10-9-17(21-4-2-12-27-21)13-20(19)25-22(26)16-7-5-15(6-8-16)18-3-1-11-24-14-18/h1-14H,23H2,(H,25,26). The molecule has 0 spiro atoms. The Morgan fingerprint density at radius 2 is 1.74 bits per heavy atom. The van der Waals surface area contributed by atoms with Crippen molar-refractivity contribution < 1.29 is 4.79 Å². The molecule has 2 aromatic heterocycles. The SMILES string of the molecule is Nc1ccc(-c2cccs2)cc1NC(=O)c1ccc(-c2cccnc2)cc1. The highest BCUT2D eigenvalue weighted by Crippen LogP contribution is 2.30. The van der Waals surface area contributed by atoms with Crippen LogP contribution >= 0.6 is 11.3 Å². The number of aromatic nitrogens is 1. The summed E-state index contributed by atoms with van der Waals surface area (Å²) in [4.78, 5) is 17.9. The molecule has 0 radical (unpaired) electrons. The minimum Gasteiger partial charge on any atom is -0.397 e. The third-order valence-corrected chi connectivity index (χ3v) is 5.17. The van der Waals surface area contributed by atoms with Crippen molar-refractivity contribution >= 4 is 28.6 Å². The summed E-state index contributed by atoms with van der Waals surface area (Å²) in [7, 11) is 0. The van der Waals surface area contributed by atoms with Crippen molar-refractivity contribution in [3.63, 3.8) is 0 Å². The van der Waals surface area contributed by atoms with Gasteiger partial charge in [-0.25, -0.2) is 0 Å². The van der Waals surface area contributed by atoms with Crippen LogP contribution in [-0.4, -0.2) is 10.9 Å². The summed E-state index contributed by atoms with van der Waals surface area (Å²) in [6, 6.07) is 21.0. The van der Waals surface area contributed by atoms with Gasteiger partial charge in [0.15, 0.2) is 0 Å². The zero-order valence-corrected chi connectivity index (χ0v) is 15.2. The summed E-state index contributed by atoms with van der Waals surface area (Å²) in [5.41, 5.74) is 10.8. The van der Waals surface area contributed by atoms with Crippen LogP contribution in [0.3, 0.4) is 0 Å². The van der Waals surface area contributed by atoms with Crippen LogP contribution in [-0.2, 0) is 0 Å². The van der Waals surface area contributed by atoms with Crippen molar-refractivity contribution in [3.8, 4) is 21.6 Å². The van der Waals surface area contributed by atoms with Crippen LogP contribution in [0, 0.1) is 0 Å². The van der Waals surface area contributed by atoms with Crippen molar-refractivity contribution in [2.45, 2.75) is 0 Å². The second-order valence-corrected chi connectivity index (χ2v) is 7.00. The van der Waals surface area contributed by atoms with Crippen molar-refractivity contribution in [3.05, 3.63) is 90.1 Å². The van der Waals surface area contributed by atoms with Gasteiger partial charge < -0.3 is 11.1 Å². The van der Waals surface area contributed by atoms with Crippen LogP contribution in [0.2, 0.25) is 0 Å². The van der Waals surface area contributed by atoms with Crippen LogP contribution in [0.15, 0.2) is 84.5 Å². The summed E-state index contributed by atoms with van der Waals surface area (Å²) in [5.74, 6) is -0.192. The number of thiophene rings is 1. The molecule has 132 valence electrons. The molecule has 27 heavy (non-hydrogen) atoms. The first-order valence-corrected chi connectivity index (χ1v) is 9.34. The number of anilines is 2. The fraction of sp³-hybridized carbons (Fsp3) is 0. The number of carbonyl (C=O) groups is 1. The molecule has 1 amide bonds. The van der Waals surface area contributed by atoms with Crippen molar-refractivity contribution in [2.24, 2.45) is 0 Å². The number of pyridine rings is 1. The second kappa shape index (κ2) is 7.43. The van der Waals surface area contributed by atoms with E-state index in [0.29, 0.717) is 16.9 Å². The van der Waals surface area contributed by atoms with E-state index in [9.17, 15) is 4.79 Å². The maximum absolute atomic E-state index is 12.6. The highest BCUT2D eigenvalue weighted by molar-refractivity contribution is 7.13. The fourth-order valence-electron chi connectivity index (χ4n) is 2.80. The average Bonchev–Trinajstić information content (AvgIpc) is 3.25. The van der Waals surface area contributed by atoms with Gasteiger partial charge in [0, 0.05) is 22.8 Å². The first kappa shape index (κ1) is 17.0. The van der Waals surface area contributed by atoms with Crippen molar-refractivity contribution in [1.29, 1.82) is 0 Å². The maximum Gasteiger partial charge on any atom is 0.255 e. The first-order chi connectivity index (χ1) is 13.2. The fourth-order valence-corrected chi connectivity index (χ4v) is 3.53. The predicted molar refractivity (Wildman–Crippen MR) is 112 cm³/mol. The minimum atomic E-state index is -0.192. The Bertz CT molecular complexity index is 1060. The van der Waals surface area contributed by atoms with Crippen LogP contribution in [0.25, 0.3) is 21.6 Å². The molecule has 0 aliphatic carbocycles. The van der Waals surface area contributed by atoms with Crippen molar-refractivity contribution in [1.82, 2.24) is 4.98 Å². The Hall–Kier alpha value is -3.44. The molecule has 0 atom stereocenters. The zero-order valence-electron chi connectivity index (χ0n) is 14.4. The van der Waals surface area contributed by atoms with E-state index in [4.69, 9.17) is 5.73 Å². The molecule has 4 aromatic rings. The zero-order chi connectivity index (χ0) is 18.6. The summed E-state index contributed by atoms with van der Waals surface area (Å²) >= 11 is 1.65. The molecule has 0 bridgehead atoms. The highest BCUT2D eigenvalue weighted by Gasteiger charge is 2.10. The van der Waals surface area contributed by atoms with Crippen LogP contribution < -0.4 is 11.1 Å². The Kier molecular flexibility index (Phi) is 4.68. The average molecular weight is 371 g/mol. The van der Waals surface area contributed by atoms with Gasteiger partial charge in [0.2, 0.25) is 0 Å². The van der Waals surface area contributed by atoms with Crippen molar-refractivity contribution in [2.75, 3.05) is 11.1 Å². The Labute approximate surface area is 161 Å². The number of nitrogens with two attached hydrogens (primary N) is 1. The van der Waals surface area contributed by atoms with Gasteiger partial charge in [-0.2, -0.15) is 0 Å². The molecular formula is C22H17N3OS. The summed E-state index contributed by atoms with van der Waals surface area (Å²) in [5, 5.41) is 4.94. The molecule has 5 heteroatoms. The van der Waals surface area contributed by atoms with E-state index in [2.05, 4.69) is 10.3 Å². The lowest BCUT2D eigenvalue weighted by Crippen LogP contribution is -2.13. The smallest absolute Gasteiger partial charge is 0.255 e. The molecule has 2 aromatic carbocycles. The van der Waals surface area contributed by atoms with Gasteiger partial charge in [0.05, 0.1) is 11.4 Å². The van der Waals surface area contributed by atoms with E-state index in [0.717, 1.165) is 21.6 Å². The number of nitrogens with one attached hydrogen (secondary N) is 1. The van der Waals surface area contributed by atoms with Gasteiger partial charge in [-0.3, -0.25) is 9.78 Å². The molecule has 0 aliphatic heterocycles. The van der Waals surface area contributed by atoms with E-state index in [1.54, 1.807) is 35.9 Å². The quantitative estimate of drug-likeness (QED) is 0.478. The minimum absolute atomic E-state index is 0.192. The third-order valence-electron chi connectivity index (χ3n) is 4.25. The van der Waals surface area contributed by atoms with Crippen LogP contribution in [0.5, 0.6) is 0 Å². The normalized spacial score (nSPS) is 10.5. The summed E-state index contributed by atoms with van der Waals surface area (Å²) in [6.45, 7) is 0. The molecule has 0 aliphatic rings. The Morgan fingerprint density at radius 3 is 2.44 bits per heavy atom. The topological polar surface area (TPSA) is 68.0 Å². The Balaban J connectivity index is 1.55. The first-order valence-electron chi connectivity index (χ1n) is 8.46. The van der Waals surface area contributed by atoms with Gasteiger partial charge in [0.1, 0.15) is 0 Å². The maximum atomic E-state index is 12.6. The molecule has 0 saturated heterocycles. The number of carbonyl (C=O) groups excluding carboxylic acids is 1. The van der Waals surface area contributed by atoms with Gasteiger partial charge >= 0.3 is 0 Å². The predicted octanol–water partition coefficient (Wildman–Crippen LogP) is 5.31. The monoisotopic (exact) mass is 371 g/mol. The van der Waals surface area contributed by atoms with E-state index >= 15 is 0 Å². The third kappa shape index (κ3) is 3.73. The Morgan fingerprint density at radius 1 is 0.926 bits per heavy atom. The lowest BCUT2D eigenvalue weighted by atomic mass is 10.1. The number of hydrogen-bond donors (Lipinski definition) is 2. The summed E-state index contributed by atoms with van der Waals surface area (Å²) < 4.78 is 0. The van der Waals surface area contributed by atoms with E-state index in [1.165, 1.54) is 0 Å². The molecule has 4 rings (SSSR count). The van der Waals surface area contributed by atoms with E-state index < -0.39 is 0 Å². The van der Waals surface area contributed by atoms with Gasteiger partial charge in [-0.1, -0.05) is 30.3 Å². The van der Waals surface area contributed by atoms with E-state index in [1.807, 2.05) is 60.0 Å². The second-order valence-electron chi connectivity index (χ2n) is 6.05. The molecule has 0 saturated carbocycles. The van der Waals surface area contributed by atoms with Gasteiger partial charge in [-0.15, -0.1) is 11.3 Å². The number of hydrogen-bond acceptors (Lipinski definition) is 4. The number of amides is 1. The highest BCUT2D eigenvalue weighted by atomic mass is 32.1. The molecule has 0 fully saturated rings. The largest absolute Gasteiger partial charge is 0.397 e. The molecule has 2 heterocycles. The number of rotatable bonds is 4. The molecule has 3 N–H and O–H groups in total. The molecular weight excluding hydrogens is 354 g/mol. The lowest BCUT2D eigenvalue weighted by Gasteiger charge is -2.10. The molecule has 4 nitrogen and oxygen atoms in total.